The largest absolute Gasteiger partial charge is 0.482 e. The third-order valence-electron chi connectivity index (χ3n) is 3.39. The molecule has 1 aliphatic heterocycles. The zero-order chi connectivity index (χ0) is 16.1. The maximum atomic E-state index is 12.1. The first-order valence-electron chi connectivity index (χ1n) is 7.52. The molecule has 4 nitrogen and oxygen atoms in total. The summed E-state index contributed by atoms with van der Waals surface area (Å²) < 4.78 is 5.43. The highest BCUT2D eigenvalue weighted by Crippen LogP contribution is 2.34. The lowest BCUT2D eigenvalue weighted by Crippen LogP contribution is -2.38. The molecule has 0 fully saturated rings. The topological polar surface area (TPSA) is 55.6 Å². The summed E-state index contributed by atoms with van der Waals surface area (Å²) in [5.74, 6) is 0.648. The molecule has 0 spiro atoms. The standard InChI is InChI=1S/C16H16N2O2.C2H6/c1-11-2-4-12(5-3-11)9-18-14-8-13(17)6-7-15(14)20-10-16(18)19;1-2/h2-8H,9-10,17H2,1H3;1-2H3. The molecule has 4 heteroatoms. The monoisotopic (exact) mass is 298 g/mol. The van der Waals surface area contributed by atoms with Gasteiger partial charge in [-0.3, -0.25) is 4.79 Å². The number of carbonyl (C=O) groups is 1. The lowest BCUT2D eigenvalue weighted by molar-refractivity contribution is -0.121. The zero-order valence-electron chi connectivity index (χ0n) is 13.3. The van der Waals surface area contributed by atoms with Gasteiger partial charge in [0.1, 0.15) is 5.75 Å². The van der Waals surface area contributed by atoms with Crippen molar-refractivity contribution in [2.24, 2.45) is 0 Å². The van der Waals surface area contributed by atoms with Crippen LogP contribution in [-0.2, 0) is 11.3 Å². The molecule has 22 heavy (non-hydrogen) atoms. The van der Waals surface area contributed by atoms with Crippen LogP contribution in [0.2, 0.25) is 0 Å². The van der Waals surface area contributed by atoms with E-state index in [0.29, 0.717) is 18.0 Å². The van der Waals surface area contributed by atoms with Crippen molar-refractivity contribution in [3.05, 3.63) is 53.6 Å². The molecule has 1 heterocycles. The second-order valence-electron chi connectivity index (χ2n) is 4.98. The fourth-order valence-corrected chi connectivity index (χ4v) is 2.27. The van der Waals surface area contributed by atoms with Crippen LogP contribution in [0.25, 0.3) is 0 Å². The smallest absolute Gasteiger partial charge is 0.265 e. The van der Waals surface area contributed by atoms with Crippen molar-refractivity contribution in [3.63, 3.8) is 0 Å². The number of ether oxygens (including phenoxy) is 1. The molecule has 0 bridgehead atoms. The van der Waals surface area contributed by atoms with Crippen molar-refractivity contribution in [2.75, 3.05) is 17.2 Å². The van der Waals surface area contributed by atoms with E-state index < -0.39 is 0 Å². The van der Waals surface area contributed by atoms with E-state index in [-0.39, 0.29) is 12.5 Å². The Morgan fingerprint density at radius 1 is 1.14 bits per heavy atom. The van der Waals surface area contributed by atoms with Crippen molar-refractivity contribution in [1.82, 2.24) is 0 Å². The van der Waals surface area contributed by atoms with Crippen molar-refractivity contribution in [1.29, 1.82) is 0 Å². The molecule has 0 aromatic heterocycles. The maximum Gasteiger partial charge on any atom is 0.265 e. The number of benzene rings is 2. The number of amides is 1. The molecule has 2 aromatic rings. The Bertz CT molecular complexity index is 651. The number of fused-ring (bicyclic) bond motifs is 1. The van der Waals surface area contributed by atoms with Crippen LogP contribution in [0.4, 0.5) is 11.4 Å². The summed E-state index contributed by atoms with van der Waals surface area (Å²) in [6.45, 7) is 6.64. The molecule has 116 valence electrons. The Balaban J connectivity index is 0.000000847. The average Bonchev–Trinajstić information content (AvgIpc) is 2.54. The van der Waals surface area contributed by atoms with Gasteiger partial charge in [0.25, 0.3) is 5.91 Å². The third-order valence-corrected chi connectivity index (χ3v) is 3.39. The minimum absolute atomic E-state index is 0.0522. The molecular formula is C18H22N2O2. The summed E-state index contributed by atoms with van der Waals surface area (Å²) >= 11 is 0. The van der Waals surface area contributed by atoms with Gasteiger partial charge in [-0.1, -0.05) is 43.7 Å². The average molecular weight is 298 g/mol. The predicted molar refractivity (Wildman–Crippen MR) is 90.1 cm³/mol. The number of aryl methyl sites for hydroxylation is 1. The summed E-state index contributed by atoms with van der Waals surface area (Å²) in [4.78, 5) is 13.8. The Morgan fingerprint density at radius 3 is 2.50 bits per heavy atom. The highest BCUT2D eigenvalue weighted by molar-refractivity contribution is 5.98. The van der Waals surface area contributed by atoms with Crippen molar-refractivity contribution < 1.29 is 9.53 Å². The van der Waals surface area contributed by atoms with E-state index >= 15 is 0 Å². The van der Waals surface area contributed by atoms with Gasteiger partial charge in [-0.2, -0.15) is 0 Å². The quantitative estimate of drug-likeness (QED) is 0.863. The lowest BCUT2D eigenvalue weighted by Gasteiger charge is -2.29. The number of anilines is 2. The van der Waals surface area contributed by atoms with Crippen LogP contribution < -0.4 is 15.4 Å². The lowest BCUT2D eigenvalue weighted by atomic mass is 10.1. The summed E-state index contributed by atoms with van der Waals surface area (Å²) in [7, 11) is 0. The van der Waals surface area contributed by atoms with Crippen LogP contribution in [0.15, 0.2) is 42.5 Å². The second-order valence-corrected chi connectivity index (χ2v) is 4.98. The highest BCUT2D eigenvalue weighted by Gasteiger charge is 2.25. The van der Waals surface area contributed by atoms with E-state index in [1.165, 1.54) is 5.56 Å². The van der Waals surface area contributed by atoms with Crippen LogP contribution in [0.5, 0.6) is 5.75 Å². The molecule has 0 unspecified atom stereocenters. The SMILES string of the molecule is CC.Cc1ccc(CN2C(=O)COc3ccc(N)cc32)cc1. The van der Waals surface area contributed by atoms with Gasteiger partial charge in [0.05, 0.1) is 12.2 Å². The number of hydrogen-bond donors (Lipinski definition) is 1. The van der Waals surface area contributed by atoms with Gasteiger partial charge in [-0.15, -0.1) is 0 Å². The van der Waals surface area contributed by atoms with Gasteiger partial charge in [-0.25, -0.2) is 0 Å². The van der Waals surface area contributed by atoms with Gasteiger partial charge >= 0.3 is 0 Å². The summed E-state index contributed by atoms with van der Waals surface area (Å²) in [5.41, 5.74) is 9.45. The van der Waals surface area contributed by atoms with E-state index in [1.54, 1.807) is 23.1 Å². The summed E-state index contributed by atoms with van der Waals surface area (Å²) in [6.07, 6.45) is 0. The van der Waals surface area contributed by atoms with Crippen LogP contribution in [0.1, 0.15) is 25.0 Å². The second kappa shape index (κ2) is 6.98. The van der Waals surface area contributed by atoms with Crippen molar-refractivity contribution in [2.45, 2.75) is 27.3 Å². The fraction of sp³-hybridized carbons (Fsp3) is 0.278. The molecule has 0 radical (unpaired) electrons. The first-order chi connectivity index (χ1) is 10.6. The third kappa shape index (κ3) is 3.39. The molecule has 0 aliphatic carbocycles. The van der Waals surface area contributed by atoms with E-state index in [2.05, 4.69) is 0 Å². The predicted octanol–water partition coefficient (Wildman–Crippen LogP) is 3.53. The van der Waals surface area contributed by atoms with E-state index in [9.17, 15) is 4.79 Å². The first kappa shape index (κ1) is 15.9. The highest BCUT2D eigenvalue weighted by atomic mass is 16.5. The number of carbonyl (C=O) groups excluding carboxylic acids is 1. The molecular weight excluding hydrogens is 276 g/mol. The molecule has 2 N–H and O–H groups in total. The van der Waals surface area contributed by atoms with Crippen molar-refractivity contribution in [3.8, 4) is 5.75 Å². The number of hydrogen-bond acceptors (Lipinski definition) is 3. The number of nitrogen functional groups attached to an aromatic ring is 1. The minimum Gasteiger partial charge on any atom is -0.482 e. The van der Waals surface area contributed by atoms with Crippen molar-refractivity contribution >= 4 is 17.3 Å². The minimum atomic E-state index is -0.0522. The molecule has 0 saturated heterocycles. The van der Waals surface area contributed by atoms with Gasteiger partial charge < -0.3 is 15.4 Å². The first-order valence-corrected chi connectivity index (χ1v) is 7.52. The van der Waals surface area contributed by atoms with Gasteiger partial charge in [0.15, 0.2) is 6.61 Å². The molecule has 0 saturated carbocycles. The molecule has 2 aromatic carbocycles. The number of nitrogens with two attached hydrogens (primary N) is 1. The van der Waals surface area contributed by atoms with Crippen LogP contribution in [-0.4, -0.2) is 12.5 Å². The van der Waals surface area contributed by atoms with Crippen LogP contribution in [0.3, 0.4) is 0 Å². The molecule has 3 rings (SSSR count). The van der Waals surface area contributed by atoms with Gasteiger partial charge in [0.2, 0.25) is 0 Å². The summed E-state index contributed by atoms with van der Waals surface area (Å²) in [5, 5.41) is 0. The molecule has 1 amide bonds. The summed E-state index contributed by atoms with van der Waals surface area (Å²) in [6, 6.07) is 13.5. The zero-order valence-corrected chi connectivity index (χ0v) is 13.3. The van der Waals surface area contributed by atoms with Gasteiger partial charge in [0, 0.05) is 5.69 Å². The number of nitrogens with zero attached hydrogens (tertiary/aromatic N) is 1. The van der Waals surface area contributed by atoms with Crippen LogP contribution >= 0.6 is 0 Å². The maximum absolute atomic E-state index is 12.1. The normalized spacial score (nSPS) is 12.9. The Labute approximate surface area is 131 Å². The molecule has 0 atom stereocenters. The number of rotatable bonds is 2. The van der Waals surface area contributed by atoms with E-state index in [4.69, 9.17) is 10.5 Å². The van der Waals surface area contributed by atoms with E-state index in [1.807, 2.05) is 45.0 Å². The Kier molecular flexibility index (Phi) is 5.04. The molecule has 1 aliphatic rings. The fourth-order valence-electron chi connectivity index (χ4n) is 2.27. The van der Waals surface area contributed by atoms with Gasteiger partial charge in [-0.05, 0) is 30.7 Å². The Morgan fingerprint density at radius 2 is 1.82 bits per heavy atom. The Hall–Kier alpha value is -2.49. The van der Waals surface area contributed by atoms with E-state index in [0.717, 1.165) is 11.3 Å². The van der Waals surface area contributed by atoms with Crippen LogP contribution in [0, 0.1) is 6.92 Å².